The van der Waals surface area contributed by atoms with Crippen LogP contribution >= 0.6 is 0 Å². The number of fused-ring (bicyclic) bond motifs is 4. The third-order valence-corrected chi connectivity index (χ3v) is 6.07. The zero-order chi connectivity index (χ0) is 22.7. The molecule has 0 fully saturated rings. The first-order valence-corrected chi connectivity index (χ1v) is 10.8. The van der Waals surface area contributed by atoms with Crippen molar-refractivity contribution < 1.29 is 14.1 Å². The molecule has 6 rings (SSSR count). The largest absolute Gasteiger partial charge is 0.491 e. The number of rotatable bonds is 2. The number of para-hydroxylation sites is 1. The van der Waals surface area contributed by atoms with Gasteiger partial charge in [0.15, 0.2) is 5.76 Å². The van der Waals surface area contributed by atoms with Gasteiger partial charge in [-0.2, -0.15) is 9.78 Å². The molecule has 4 heterocycles. The summed E-state index contributed by atoms with van der Waals surface area (Å²) < 4.78 is 12.7. The lowest BCUT2D eigenvalue weighted by Crippen LogP contribution is -2.33. The Kier molecular flexibility index (Phi) is 4.23. The Bertz CT molecular complexity index is 1570. The van der Waals surface area contributed by atoms with Gasteiger partial charge in [0.1, 0.15) is 12.4 Å². The molecule has 1 amide bonds. The zero-order valence-electron chi connectivity index (χ0n) is 18.4. The van der Waals surface area contributed by atoms with E-state index >= 15 is 0 Å². The van der Waals surface area contributed by atoms with E-state index in [1.165, 1.54) is 4.68 Å². The van der Waals surface area contributed by atoms with E-state index in [2.05, 4.69) is 20.6 Å². The van der Waals surface area contributed by atoms with Crippen LogP contribution in [0.3, 0.4) is 0 Å². The quantitative estimate of drug-likeness (QED) is 0.422. The zero-order valence-corrected chi connectivity index (χ0v) is 18.4. The first kappa shape index (κ1) is 19.5. The van der Waals surface area contributed by atoms with Gasteiger partial charge in [-0.3, -0.25) is 4.98 Å². The molecule has 0 saturated heterocycles. The molecule has 0 spiro atoms. The number of ether oxygens (including phenoxy) is 1. The van der Waals surface area contributed by atoms with Crippen LogP contribution in [0.4, 0.5) is 4.79 Å². The number of carbonyl (C=O) groups excluding carboxylic acids is 1. The monoisotopic (exact) mass is 439 g/mol. The Morgan fingerprint density at radius 2 is 1.94 bits per heavy atom. The molecule has 0 unspecified atom stereocenters. The molecule has 1 aliphatic rings. The highest BCUT2D eigenvalue weighted by atomic mass is 16.5. The fourth-order valence-corrected chi connectivity index (χ4v) is 4.56. The minimum absolute atomic E-state index is 0.285. The summed E-state index contributed by atoms with van der Waals surface area (Å²) in [4.78, 5) is 18.1. The molecular formula is C25H21N5O3. The summed E-state index contributed by atoms with van der Waals surface area (Å²) in [5.74, 6) is 1.40. The van der Waals surface area contributed by atoms with Gasteiger partial charge < -0.3 is 14.6 Å². The smallest absolute Gasteiger partial charge is 0.343 e. The summed E-state index contributed by atoms with van der Waals surface area (Å²) in [6, 6.07) is 14.9. The maximum Gasteiger partial charge on any atom is 0.343 e. The molecule has 0 bridgehead atoms. The standard InChI is InChI=1S/C25H21N5O3/c1-13-10-21(33-29-13)16-8-9-17-20(12-32-22(17)11-16)27-25(31)30-24-18-6-4-5-7-19(18)26-14(2)23(24)15(3)28-30/h4-11,20H,12H2,1-3H3,(H,27,31)/t20-/m1/s1. The van der Waals surface area contributed by atoms with Crippen LogP contribution in [0, 0.1) is 20.8 Å². The number of pyridine rings is 1. The Morgan fingerprint density at radius 1 is 1.09 bits per heavy atom. The number of nitrogens with one attached hydrogen (secondary N) is 1. The van der Waals surface area contributed by atoms with Gasteiger partial charge in [0, 0.05) is 33.7 Å². The molecule has 1 N–H and O–H groups in total. The molecule has 164 valence electrons. The average Bonchev–Trinajstić information content (AvgIpc) is 3.51. The third kappa shape index (κ3) is 3.06. The van der Waals surface area contributed by atoms with Gasteiger partial charge in [-0.1, -0.05) is 35.5 Å². The second kappa shape index (κ2) is 7.16. The van der Waals surface area contributed by atoms with Gasteiger partial charge in [0.25, 0.3) is 0 Å². The minimum atomic E-state index is -0.305. The van der Waals surface area contributed by atoms with Gasteiger partial charge in [-0.25, -0.2) is 4.79 Å². The molecule has 0 saturated carbocycles. The van der Waals surface area contributed by atoms with E-state index in [0.717, 1.165) is 55.8 Å². The summed E-state index contributed by atoms with van der Waals surface area (Å²) in [6.45, 7) is 6.07. The molecule has 5 aromatic rings. The van der Waals surface area contributed by atoms with Crippen molar-refractivity contribution in [3.8, 4) is 17.1 Å². The summed E-state index contributed by atoms with van der Waals surface area (Å²) in [5, 5.41) is 13.4. The van der Waals surface area contributed by atoms with Crippen molar-refractivity contribution in [1.29, 1.82) is 0 Å². The number of hydrogen-bond acceptors (Lipinski definition) is 6. The van der Waals surface area contributed by atoms with Crippen LogP contribution in [-0.4, -0.2) is 32.6 Å². The number of nitrogens with zero attached hydrogens (tertiary/aromatic N) is 4. The van der Waals surface area contributed by atoms with Crippen molar-refractivity contribution >= 4 is 27.8 Å². The van der Waals surface area contributed by atoms with Crippen LogP contribution in [0.25, 0.3) is 33.1 Å². The second-order valence-electron chi connectivity index (χ2n) is 8.33. The van der Waals surface area contributed by atoms with Crippen molar-refractivity contribution in [2.24, 2.45) is 0 Å². The van der Waals surface area contributed by atoms with E-state index in [4.69, 9.17) is 9.26 Å². The van der Waals surface area contributed by atoms with Gasteiger partial charge in [0.2, 0.25) is 0 Å². The summed E-state index contributed by atoms with van der Waals surface area (Å²) in [5.41, 5.74) is 5.83. The average molecular weight is 439 g/mol. The summed E-state index contributed by atoms with van der Waals surface area (Å²) in [6.07, 6.45) is 0. The number of hydrogen-bond donors (Lipinski definition) is 1. The van der Waals surface area contributed by atoms with Crippen LogP contribution in [0.1, 0.15) is 28.7 Å². The number of aryl methyl sites for hydroxylation is 3. The lowest BCUT2D eigenvalue weighted by molar-refractivity contribution is 0.231. The number of benzene rings is 2. The number of aromatic nitrogens is 4. The molecule has 3 aromatic heterocycles. The molecule has 8 nitrogen and oxygen atoms in total. The topological polar surface area (TPSA) is 95.1 Å². The molecule has 8 heteroatoms. The maximum absolute atomic E-state index is 13.4. The van der Waals surface area contributed by atoms with E-state index < -0.39 is 0 Å². The predicted octanol–water partition coefficient (Wildman–Crippen LogP) is 4.86. The molecular weight excluding hydrogens is 418 g/mol. The SMILES string of the molecule is Cc1cc(-c2ccc3c(c2)OC[C@H]3NC(=O)n2nc(C)c3c(C)nc4ccccc4c32)on1. The van der Waals surface area contributed by atoms with Crippen molar-refractivity contribution in [3.05, 3.63) is 71.2 Å². The van der Waals surface area contributed by atoms with Gasteiger partial charge in [0.05, 0.1) is 28.5 Å². The fraction of sp³-hybridized carbons (Fsp3) is 0.200. The van der Waals surface area contributed by atoms with Crippen molar-refractivity contribution in [1.82, 2.24) is 25.2 Å². The Balaban J connectivity index is 1.35. The highest BCUT2D eigenvalue weighted by molar-refractivity contribution is 6.08. The fourth-order valence-electron chi connectivity index (χ4n) is 4.56. The normalized spacial score (nSPS) is 15.1. The van der Waals surface area contributed by atoms with E-state index in [1.807, 2.05) is 69.3 Å². The maximum atomic E-state index is 13.4. The van der Waals surface area contributed by atoms with E-state index in [1.54, 1.807) is 0 Å². The molecule has 1 aliphatic heterocycles. The van der Waals surface area contributed by atoms with Crippen LogP contribution in [-0.2, 0) is 0 Å². The first-order chi connectivity index (χ1) is 16.0. The minimum Gasteiger partial charge on any atom is -0.491 e. The Morgan fingerprint density at radius 3 is 2.76 bits per heavy atom. The van der Waals surface area contributed by atoms with Crippen LogP contribution in [0.2, 0.25) is 0 Å². The van der Waals surface area contributed by atoms with Gasteiger partial charge in [-0.05, 0) is 32.9 Å². The van der Waals surface area contributed by atoms with Crippen LogP contribution in [0.5, 0.6) is 5.75 Å². The molecule has 0 aliphatic carbocycles. The first-order valence-electron chi connectivity index (χ1n) is 10.8. The van der Waals surface area contributed by atoms with E-state index in [0.29, 0.717) is 12.4 Å². The number of amides is 1. The van der Waals surface area contributed by atoms with Crippen molar-refractivity contribution in [3.63, 3.8) is 0 Å². The molecule has 0 radical (unpaired) electrons. The highest BCUT2D eigenvalue weighted by Gasteiger charge is 2.28. The van der Waals surface area contributed by atoms with Gasteiger partial charge in [-0.15, -0.1) is 0 Å². The number of carbonyl (C=O) groups is 1. The molecule has 33 heavy (non-hydrogen) atoms. The van der Waals surface area contributed by atoms with Crippen molar-refractivity contribution in [2.45, 2.75) is 26.8 Å². The van der Waals surface area contributed by atoms with E-state index in [9.17, 15) is 4.79 Å². The summed E-state index contributed by atoms with van der Waals surface area (Å²) in [7, 11) is 0. The molecule has 2 aromatic carbocycles. The molecule has 1 atom stereocenters. The Hall–Kier alpha value is -4.20. The van der Waals surface area contributed by atoms with E-state index in [-0.39, 0.29) is 12.1 Å². The third-order valence-electron chi connectivity index (χ3n) is 6.07. The lowest BCUT2D eigenvalue weighted by atomic mass is 10.0. The second-order valence-corrected chi connectivity index (χ2v) is 8.33. The summed E-state index contributed by atoms with van der Waals surface area (Å²) >= 11 is 0. The highest BCUT2D eigenvalue weighted by Crippen LogP contribution is 2.36. The van der Waals surface area contributed by atoms with Crippen LogP contribution in [0.15, 0.2) is 53.1 Å². The van der Waals surface area contributed by atoms with Crippen molar-refractivity contribution in [2.75, 3.05) is 6.61 Å². The lowest BCUT2D eigenvalue weighted by Gasteiger charge is -2.13. The van der Waals surface area contributed by atoms with Crippen LogP contribution < -0.4 is 10.1 Å². The predicted molar refractivity (Wildman–Crippen MR) is 123 cm³/mol. The van der Waals surface area contributed by atoms with Gasteiger partial charge >= 0.3 is 6.03 Å². The Labute approximate surface area is 189 Å².